The van der Waals surface area contributed by atoms with Gasteiger partial charge < -0.3 is 14.8 Å². The molecule has 0 radical (unpaired) electrons. The Morgan fingerprint density at radius 3 is 2.60 bits per heavy atom. The quantitative estimate of drug-likeness (QED) is 0.785. The summed E-state index contributed by atoms with van der Waals surface area (Å²) in [5.41, 5.74) is 9.35. The largest absolute Gasteiger partial charge is 0.369 e. The SMILES string of the molecule is Cc1noc(C)c1Cn1c(N)nc2cc(Cl)c(Cl)cc21. The number of halogens is 2. The van der Waals surface area contributed by atoms with Crippen molar-refractivity contribution in [3.05, 3.63) is 39.2 Å². The van der Waals surface area contributed by atoms with E-state index < -0.39 is 0 Å². The average Bonchev–Trinajstić information content (AvgIpc) is 2.85. The van der Waals surface area contributed by atoms with E-state index in [0.717, 1.165) is 22.5 Å². The van der Waals surface area contributed by atoms with Crippen LogP contribution in [0.25, 0.3) is 11.0 Å². The van der Waals surface area contributed by atoms with Crippen molar-refractivity contribution in [3.8, 4) is 0 Å². The van der Waals surface area contributed by atoms with Gasteiger partial charge in [-0.2, -0.15) is 0 Å². The summed E-state index contributed by atoms with van der Waals surface area (Å²) in [6, 6.07) is 3.47. The molecule has 5 nitrogen and oxygen atoms in total. The Bertz CT molecular complexity index is 787. The van der Waals surface area contributed by atoms with Gasteiger partial charge >= 0.3 is 0 Å². The molecule has 3 rings (SSSR count). The number of fused-ring (bicyclic) bond motifs is 1. The van der Waals surface area contributed by atoms with Crippen molar-refractivity contribution >= 4 is 40.2 Å². The van der Waals surface area contributed by atoms with Crippen LogP contribution in [0.15, 0.2) is 16.7 Å². The standard InChI is InChI=1S/C13H12Cl2N4O/c1-6-8(7(2)20-18-6)5-19-12-4-10(15)9(14)3-11(12)17-13(19)16/h3-4H,5H2,1-2H3,(H2,16,17). The van der Waals surface area contributed by atoms with E-state index in [1.807, 2.05) is 18.4 Å². The lowest BCUT2D eigenvalue weighted by molar-refractivity contribution is 0.392. The summed E-state index contributed by atoms with van der Waals surface area (Å²) in [6.07, 6.45) is 0. The van der Waals surface area contributed by atoms with E-state index in [1.54, 1.807) is 12.1 Å². The summed E-state index contributed by atoms with van der Waals surface area (Å²) in [7, 11) is 0. The molecular weight excluding hydrogens is 299 g/mol. The lowest BCUT2D eigenvalue weighted by Crippen LogP contribution is -2.05. The second-order valence-electron chi connectivity index (χ2n) is 4.61. The molecule has 7 heteroatoms. The number of rotatable bonds is 2. The second-order valence-corrected chi connectivity index (χ2v) is 5.43. The third kappa shape index (κ3) is 2.03. The Hall–Kier alpha value is -1.72. The number of hydrogen-bond donors (Lipinski definition) is 1. The molecule has 0 amide bonds. The zero-order valence-corrected chi connectivity index (χ0v) is 12.5. The minimum absolute atomic E-state index is 0.401. The van der Waals surface area contributed by atoms with E-state index in [4.69, 9.17) is 33.5 Å². The highest BCUT2D eigenvalue weighted by molar-refractivity contribution is 6.42. The molecule has 2 heterocycles. The van der Waals surface area contributed by atoms with Crippen molar-refractivity contribution < 1.29 is 4.52 Å². The molecule has 0 saturated heterocycles. The van der Waals surface area contributed by atoms with Crippen LogP contribution in [0.3, 0.4) is 0 Å². The van der Waals surface area contributed by atoms with Crippen LogP contribution in [0.4, 0.5) is 5.95 Å². The van der Waals surface area contributed by atoms with Gasteiger partial charge in [0.2, 0.25) is 5.95 Å². The maximum absolute atomic E-state index is 6.07. The maximum Gasteiger partial charge on any atom is 0.201 e. The number of aryl methyl sites for hydroxylation is 2. The van der Waals surface area contributed by atoms with Crippen molar-refractivity contribution in [2.24, 2.45) is 0 Å². The van der Waals surface area contributed by atoms with Crippen LogP contribution in [0.1, 0.15) is 17.0 Å². The molecule has 104 valence electrons. The summed E-state index contributed by atoms with van der Waals surface area (Å²) >= 11 is 12.1. The van der Waals surface area contributed by atoms with Crippen LogP contribution in [0, 0.1) is 13.8 Å². The Morgan fingerprint density at radius 2 is 1.95 bits per heavy atom. The van der Waals surface area contributed by atoms with Gasteiger partial charge in [0.05, 0.1) is 33.3 Å². The molecule has 2 aromatic heterocycles. The zero-order valence-electron chi connectivity index (χ0n) is 10.9. The van der Waals surface area contributed by atoms with Gasteiger partial charge in [0.1, 0.15) is 5.76 Å². The fourth-order valence-electron chi connectivity index (χ4n) is 2.19. The van der Waals surface area contributed by atoms with Crippen molar-refractivity contribution in [3.63, 3.8) is 0 Å². The lowest BCUT2D eigenvalue weighted by atomic mass is 10.2. The van der Waals surface area contributed by atoms with Crippen LogP contribution in [0.5, 0.6) is 0 Å². The van der Waals surface area contributed by atoms with Crippen LogP contribution >= 0.6 is 23.2 Å². The van der Waals surface area contributed by atoms with Gasteiger partial charge in [0.15, 0.2) is 0 Å². The van der Waals surface area contributed by atoms with Crippen LogP contribution in [-0.4, -0.2) is 14.7 Å². The molecule has 0 saturated carbocycles. The first kappa shape index (κ1) is 13.3. The molecular formula is C13H12Cl2N4O. The lowest BCUT2D eigenvalue weighted by Gasteiger charge is -2.06. The molecule has 1 aromatic carbocycles. The fourth-order valence-corrected chi connectivity index (χ4v) is 2.51. The highest BCUT2D eigenvalue weighted by atomic mass is 35.5. The molecule has 0 atom stereocenters. The van der Waals surface area contributed by atoms with E-state index in [0.29, 0.717) is 28.1 Å². The molecule has 0 aliphatic heterocycles. The second kappa shape index (κ2) is 4.68. The number of nitrogen functional groups attached to an aromatic ring is 1. The van der Waals surface area contributed by atoms with Gasteiger partial charge in [0.25, 0.3) is 0 Å². The van der Waals surface area contributed by atoms with E-state index in [2.05, 4.69) is 10.1 Å². The summed E-state index contributed by atoms with van der Waals surface area (Å²) in [6.45, 7) is 4.29. The third-order valence-corrected chi connectivity index (χ3v) is 4.04. The fraction of sp³-hybridized carbons (Fsp3) is 0.231. The number of benzene rings is 1. The predicted octanol–water partition coefficient (Wildman–Crippen LogP) is 3.58. The minimum atomic E-state index is 0.401. The molecule has 0 fully saturated rings. The van der Waals surface area contributed by atoms with Crippen molar-refractivity contribution in [1.82, 2.24) is 14.7 Å². The first-order valence-electron chi connectivity index (χ1n) is 6.00. The number of nitrogens with two attached hydrogens (primary N) is 1. The first-order chi connectivity index (χ1) is 9.47. The highest BCUT2D eigenvalue weighted by Crippen LogP contribution is 2.30. The normalized spacial score (nSPS) is 11.4. The van der Waals surface area contributed by atoms with Crippen LogP contribution < -0.4 is 5.73 Å². The summed E-state index contributed by atoms with van der Waals surface area (Å²) in [5.74, 6) is 1.17. The topological polar surface area (TPSA) is 69.9 Å². The molecule has 20 heavy (non-hydrogen) atoms. The Labute approximate surface area is 125 Å². The van der Waals surface area contributed by atoms with Gasteiger partial charge in [-0.25, -0.2) is 4.98 Å². The molecule has 0 unspecified atom stereocenters. The Morgan fingerprint density at radius 1 is 1.25 bits per heavy atom. The van der Waals surface area contributed by atoms with Gasteiger partial charge in [-0.05, 0) is 26.0 Å². The number of anilines is 1. The molecule has 2 N–H and O–H groups in total. The molecule has 0 aliphatic rings. The van der Waals surface area contributed by atoms with Gasteiger partial charge in [-0.3, -0.25) is 0 Å². The molecule has 0 spiro atoms. The Kier molecular flexibility index (Phi) is 3.11. The summed E-state index contributed by atoms with van der Waals surface area (Å²) in [5, 5.41) is 4.87. The third-order valence-electron chi connectivity index (χ3n) is 3.32. The van der Waals surface area contributed by atoms with Crippen molar-refractivity contribution in [2.45, 2.75) is 20.4 Å². The maximum atomic E-state index is 6.07. The number of hydrogen-bond acceptors (Lipinski definition) is 4. The van der Waals surface area contributed by atoms with E-state index in [9.17, 15) is 0 Å². The van der Waals surface area contributed by atoms with Gasteiger partial charge in [-0.1, -0.05) is 28.4 Å². The Balaban J connectivity index is 2.16. The number of aromatic nitrogens is 3. The monoisotopic (exact) mass is 310 g/mol. The summed E-state index contributed by atoms with van der Waals surface area (Å²) < 4.78 is 7.03. The van der Waals surface area contributed by atoms with Gasteiger partial charge in [-0.15, -0.1) is 0 Å². The summed E-state index contributed by atoms with van der Waals surface area (Å²) in [4.78, 5) is 4.30. The first-order valence-corrected chi connectivity index (χ1v) is 6.75. The molecule has 0 bridgehead atoms. The smallest absolute Gasteiger partial charge is 0.201 e. The van der Waals surface area contributed by atoms with E-state index in [-0.39, 0.29) is 0 Å². The van der Waals surface area contributed by atoms with E-state index in [1.165, 1.54) is 0 Å². The number of nitrogens with zero attached hydrogens (tertiary/aromatic N) is 3. The molecule has 0 aliphatic carbocycles. The van der Waals surface area contributed by atoms with Crippen LogP contribution in [-0.2, 0) is 6.54 Å². The average molecular weight is 311 g/mol. The predicted molar refractivity (Wildman–Crippen MR) is 79.2 cm³/mol. The minimum Gasteiger partial charge on any atom is -0.369 e. The number of imidazole rings is 1. The van der Waals surface area contributed by atoms with Gasteiger partial charge in [0, 0.05) is 5.56 Å². The van der Waals surface area contributed by atoms with Crippen molar-refractivity contribution in [1.29, 1.82) is 0 Å². The highest BCUT2D eigenvalue weighted by Gasteiger charge is 2.15. The van der Waals surface area contributed by atoms with E-state index >= 15 is 0 Å². The molecule has 3 aromatic rings. The zero-order chi connectivity index (χ0) is 14.4. The van der Waals surface area contributed by atoms with Crippen molar-refractivity contribution in [2.75, 3.05) is 5.73 Å². The van der Waals surface area contributed by atoms with Crippen LogP contribution in [0.2, 0.25) is 10.0 Å².